The summed E-state index contributed by atoms with van der Waals surface area (Å²) in [5.41, 5.74) is 2.80. The summed E-state index contributed by atoms with van der Waals surface area (Å²) in [6, 6.07) is 9.11. The van der Waals surface area contributed by atoms with E-state index in [1.165, 1.54) is 17.2 Å². The van der Waals surface area contributed by atoms with Gasteiger partial charge in [0.2, 0.25) is 0 Å². The predicted octanol–water partition coefficient (Wildman–Crippen LogP) is 4.36. The number of benzene rings is 1. The van der Waals surface area contributed by atoms with E-state index >= 15 is 0 Å². The minimum Gasteiger partial charge on any atom is -0.486 e. The van der Waals surface area contributed by atoms with Crippen molar-refractivity contribution in [1.29, 1.82) is 0 Å². The predicted molar refractivity (Wildman–Crippen MR) is 97.7 cm³/mol. The Bertz CT molecular complexity index is 1020. The Hall–Kier alpha value is -3.23. The number of nitrogens with zero attached hydrogens (tertiary/aromatic N) is 2. The minimum absolute atomic E-state index is 0.0288. The molecule has 1 N–H and O–H groups in total. The van der Waals surface area contributed by atoms with Gasteiger partial charge in [-0.3, -0.25) is 9.48 Å². The lowest BCUT2D eigenvalue weighted by molar-refractivity contribution is -0.142. The molecule has 0 bridgehead atoms. The lowest BCUT2D eigenvalue weighted by atomic mass is 10.1. The number of furan rings is 1. The first-order valence-electron chi connectivity index (χ1n) is 9.10. The summed E-state index contributed by atoms with van der Waals surface area (Å²) in [5.74, 6) is 0.648. The molecule has 0 saturated heterocycles. The molecule has 0 fully saturated rings. The van der Waals surface area contributed by atoms with Gasteiger partial charge < -0.3 is 14.5 Å². The summed E-state index contributed by atoms with van der Waals surface area (Å²) in [6.07, 6.45) is 1.17. The Balaban J connectivity index is 1.33. The van der Waals surface area contributed by atoms with Gasteiger partial charge in [-0.1, -0.05) is 6.07 Å². The number of amides is 1. The highest BCUT2D eigenvalue weighted by Gasteiger charge is 2.28. The van der Waals surface area contributed by atoms with E-state index < -0.39 is 18.6 Å². The quantitative estimate of drug-likeness (QED) is 0.662. The van der Waals surface area contributed by atoms with Crippen molar-refractivity contribution >= 4 is 11.6 Å². The molecule has 1 aromatic carbocycles. The first-order valence-corrected chi connectivity index (χ1v) is 9.10. The third-order valence-electron chi connectivity index (χ3n) is 4.57. The number of aromatic nitrogens is 2. The zero-order valence-electron chi connectivity index (χ0n) is 15.3. The number of rotatable bonds is 6. The maximum absolute atomic E-state index is 12.4. The summed E-state index contributed by atoms with van der Waals surface area (Å²) in [7, 11) is 0. The Morgan fingerprint density at radius 3 is 2.86 bits per heavy atom. The zero-order chi connectivity index (χ0) is 20.4. The number of carbonyl (C=O) groups is 1. The van der Waals surface area contributed by atoms with Crippen molar-refractivity contribution in [3.63, 3.8) is 0 Å². The van der Waals surface area contributed by atoms with Gasteiger partial charge in [-0.15, -0.1) is 0 Å². The van der Waals surface area contributed by atoms with Crippen molar-refractivity contribution < 1.29 is 27.1 Å². The summed E-state index contributed by atoms with van der Waals surface area (Å²) in [4.78, 5) is 12.2. The number of ether oxygens (including phenoxy) is 1. The van der Waals surface area contributed by atoms with Gasteiger partial charge >= 0.3 is 6.18 Å². The molecule has 152 valence electrons. The number of nitrogens with one attached hydrogen (secondary N) is 1. The van der Waals surface area contributed by atoms with Gasteiger partial charge in [0, 0.05) is 6.20 Å². The van der Waals surface area contributed by atoms with Crippen LogP contribution in [0.1, 0.15) is 33.9 Å². The van der Waals surface area contributed by atoms with Crippen molar-refractivity contribution in [2.24, 2.45) is 0 Å². The van der Waals surface area contributed by atoms with Crippen molar-refractivity contribution in [2.75, 3.05) is 5.32 Å². The Morgan fingerprint density at radius 2 is 2.03 bits per heavy atom. The molecule has 0 unspecified atom stereocenters. The molecule has 4 rings (SSSR count). The molecule has 0 aliphatic heterocycles. The Labute approximate surface area is 164 Å². The van der Waals surface area contributed by atoms with Crippen molar-refractivity contribution in [2.45, 2.75) is 38.6 Å². The number of anilines is 1. The van der Waals surface area contributed by atoms with Gasteiger partial charge in [0.25, 0.3) is 5.91 Å². The second-order valence-electron chi connectivity index (χ2n) is 6.83. The SMILES string of the molecule is O=C(Nc1cnn(CC(F)(F)F)c1)c1ccc(COc2ccc3c(c2)CCC3)o1. The molecule has 9 heteroatoms. The van der Waals surface area contributed by atoms with Crippen LogP contribution in [0, 0.1) is 0 Å². The molecule has 0 saturated carbocycles. The Morgan fingerprint density at radius 1 is 1.21 bits per heavy atom. The van der Waals surface area contributed by atoms with Gasteiger partial charge in [0.05, 0.1) is 11.9 Å². The lowest BCUT2D eigenvalue weighted by Gasteiger charge is -2.06. The monoisotopic (exact) mass is 405 g/mol. The van der Waals surface area contributed by atoms with E-state index in [1.54, 1.807) is 6.07 Å². The van der Waals surface area contributed by atoms with E-state index in [2.05, 4.69) is 16.5 Å². The molecule has 29 heavy (non-hydrogen) atoms. The highest BCUT2D eigenvalue weighted by atomic mass is 19.4. The van der Waals surface area contributed by atoms with Crippen molar-refractivity contribution in [3.8, 4) is 5.75 Å². The highest BCUT2D eigenvalue weighted by Crippen LogP contribution is 2.26. The van der Waals surface area contributed by atoms with Crippen LogP contribution in [-0.2, 0) is 26.0 Å². The van der Waals surface area contributed by atoms with E-state index in [-0.39, 0.29) is 18.1 Å². The molecule has 1 amide bonds. The lowest BCUT2D eigenvalue weighted by Crippen LogP contribution is -2.17. The molecule has 2 aromatic heterocycles. The number of aryl methyl sites for hydroxylation is 2. The van der Waals surface area contributed by atoms with Crippen molar-refractivity contribution in [1.82, 2.24) is 9.78 Å². The highest BCUT2D eigenvalue weighted by molar-refractivity contribution is 6.02. The van der Waals surface area contributed by atoms with Crippen LogP contribution in [0.3, 0.4) is 0 Å². The summed E-state index contributed by atoms with van der Waals surface area (Å²) in [5, 5.41) is 6.03. The average molecular weight is 405 g/mol. The van der Waals surface area contributed by atoms with Crippen LogP contribution in [-0.4, -0.2) is 21.9 Å². The second kappa shape index (κ2) is 7.65. The maximum Gasteiger partial charge on any atom is 0.408 e. The van der Waals surface area contributed by atoms with Crippen LogP contribution in [0.4, 0.5) is 18.9 Å². The smallest absolute Gasteiger partial charge is 0.408 e. The normalized spacial score (nSPS) is 13.3. The van der Waals surface area contributed by atoms with Gasteiger partial charge in [0.15, 0.2) is 5.76 Å². The Kier molecular flexibility index (Phi) is 5.04. The summed E-state index contributed by atoms with van der Waals surface area (Å²) < 4.78 is 49.0. The van der Waals surface area contributed by atoms with Crippen LogP contribution >= 0.6 is 0 Å². The number of hydrogen-bond acceptors (Lipinski definition) is 4. The number of carbonyl (C=O) groups excluding carboxylic acids is 1. The zero-order valence-corrected chi connectivity index (χ0v) is 15.3. The van der Waals surface area contributed by atoms with E-state index in [9.17, 15) is 18.0 Å². The number of alkyl halides is 3. The van der Waals surface area contributed by atoms with Crippen LogP contribution in [0.5, 0.6) is 5.75 Å². The van der Waals surface area contributed by atoms with Gasteiger partial charge in [-0.05, 0) is 54.7 Å². The number of hydrogen-bond donors (Lipinski definition) is 1. The molecule has 1 aliphatic rings. The third kappa shape index (κ3) is 4.79. The maximum atomic E-state index is 12.4. The van der Waals surface area contributed by atoms with E-state index in [1.807, 2.05) is 12.1 Å². The second-order valence-corrected chi connectivity index (χ2v) is 6.83. The molecule has 6 nitrogen and oxygen atoms in total. The number of halogens is 3. The summed E-state index contributed by atoms with van der Waals surface area (Å²) in [6.45, 7) is -1.07. The molecule has 3 aromatic rings. The van der Waals surface area contributed by atoms with Gasteiger partial charge in [-0.25, -0.2) is 0 Å². The fraction of sp³-hybridized carbons (Fsp3) is 0.300. The molecule has 1 aliphatic carbocycles. The summed E-state index contributed by atoms with van der Waals surface area (Å²) >= 11 is 0. The third-order valence-corrected chi connectivity index (χ3v) is 4.57. The van der Waals surface area contributed by atoms with E-state index in [4.69, 9.17) is 9.15 Å². The van der Waals surface area contributed by atoms with Crippen molar-refractivity contribution in [3.05, 3.63) is 65.4 Å². The largest absolute Gasteiger partial charge is 0.486 e. The first kappa shape index (κ1) is 19.1. The first-order chi connectivity index (χ1) is 13.9. The average Bonchev–Trinajstić information content (AvgIpc) is 3.39. The molecule has 0 spiro atoms. The number of fused-ring (bicyclic) bond motifs is 1. The molecule has 0 radical (unpaired) electrons. The topological polar surface area (TPSA) is 69.3 Å². The fourth-order valence-electron chi connectivity index (χ4n) is 3.26. The van der Waals surface area contributed by atoms with Gasteiger partial charge in [-0.2, -0.15) is 18.3 Å². The molecule has 2 heterocycles. The van der Waals surface area contributed by atoms with Gasteiger partial charge in [0.1, 0.15) is 24.7 Å². The minimum atomic E-state index is -4.39. The van der Waals surface area contributed by atoms with E-state index in [0.717, 1.165) is 37.4 Å². The van der Waals surface area contributed by atoms with Crippen LogP contribution in [0.25, 0.3) is 0 Å². The van der Waals surface area contributed by atoms with Crippen LogP contribution < -0.4 is 10.1 Å². The molecular weight excluding hydrogens is 387 g/mol. The molecular formula is C20H18F3N3O3. The standard InChI is InChI=1S/C20H18F3N3O3/c21-20(22,23)12-26-10-15(9-24-26)25-19(27)18-7-6-17(29-18)11-28-16-5-4-13-2-1-3-14(13)8-16/h4-10H,1-3,11-12H2,(H,25,27). The van der Waals surface area contributed by atoms with E-state index in [0.29, 0.717) is 10.4 Å². The molecule has 0 atom stereocenters. The van der Waals surface area contributed by atoms with Crippen LogP contribution in [0.2, 0.25) is 0 Å². The fourth-order valence-corrected chi connectivity index (χ4v) is 3.26. The van der Waals surface area contributed by atoms with Crippen LogP contribution in [0.15, 0.2) is 47.1 Å².